The molecule has 0 aliphatic carbocycles. The van der Waals surface area contributed by atoms with Crippen LogP contribution in [0.25, 0.3) is 21.8 Å². The van der Waals surface area contributed by atoms with Crippen LogP contribution in [0, 0.1) is 13.8 Å². The lowest BCUT2D eigenvalue weighted by molar-refractivity contribution is -0.115. The van der Waals surface area contributed by atoms with Crippen LogP contribution in [-0.4, -0.2) is 39.4 Å². The fraction of sp³-hybridized carbons (Fsp3) is 0.500. The van der Waals surface area contributed by atoms with E-state index in [1.165, 1.54) is 57.8 Å². The van der Waals surface area contributed by atoms with Crippen molar-refractivity contribution in [3.8, 4) is 0 Å². The molecule has 2 aromatic carbocycles. The molecule has 2 aromatic heterocycles. The summed E-state index contributed by atoms with van der Waals surface area (Å²) in [7, 11) is 0. The predicted molar refractivity (Wildman–Crippen MR) is 208 cm³/mol. The van der Waals surface area contributed by atoms with Gasteiger partial charge in [0, 0.05) is 33.0 Å². The molecule has 8 heteroatoms. The Morgan fingerprint density at radius 1 is 0.761 bits per heavy atom. The Balaban J connectivity index is 0.000000339. The third-order valence-corrected chi connectivity index (χ3v) is 11.0. The van der Waals surface area contributed by atoms with Crippen LogP contribution in [0.2, 0.25) is 0 Å². The molecule has 250 valence electrons. The van der Waals surface area contributed by atoms with E-state index in [1.807, 2.05) is 55.5 Å². The number of amides is 1. The number of pyridine rings is 2. The highest BCUT2D eigenvalue weighted by Gasteiger charge is 2.21. The van der Waals surface area contributed by atoms with Gasteiger partial charge in [0.25, 0.3) is 0 Å². The van der Waals surface area contributed by atoms with Gasteiger partial charge in [0.15, 0.2) is 0 Å². The summed E-state index contributed by atoms with van der Waals surface area (Å²) in [5.41, 5.74) is 12.0. The summed E-state index contributed by atoms with van der Waals surface area (Å²) in [4.78, 5) is 24.5. The summed E-state index contributed by atoms with van der Waals surface area (Å²) >= 11 is 5.20. The first-order valence-electron chi connectivity index (χ1n) is 16.9. The average molecular weight is 679 g/mol. The number of fused-ring (bicyclic) bond motifs is 2. The Kier molecular flexibility index (Phi) is 17.1. The molecule has 5 nitrogen and oxygen atoms in total. The summed E-state index contributed by atoms with van der Waals surface area (Å²) in [6.45, 7) is 8.57. The molecular formula is C38H54N4OS3. The van der Waals surface area contributed by atoms with Crippen molar-refractivity contribution in [2.75, 3.05) is 29.3 Å². The van der Waals surface area contributed by atoms with Gasteiger partial charge in [-0.2, -0.15) is 0 Å². The van der Waals surface area contributed by atoms with Crippen molar-refractivity contribution >= 4 is 74.4 Å². The van der Waals surface area contributed by atoms with Gasteiger partial charge < -0.3 is 11.1 Å². The number of carbonyl (C=O) groups excluding carboxylic acids is 1. The van der Waals surface area contributed by atoms with Crippen molar-refractivity contribution in [2.24, 2.45) is 0 Å². The van der Waals surface area contributed by atoms with E-state index in [-0.39, 0.29) is 11.2 Å². The molecule has 1 unspecified atom stereocenters. The first-order valence-corrected chi connectivity index (χ1v) is 20.4. The van der Waals surface area contributed by atoms with Gasteiger partial charge in [-0.15, -0.1) is 35.3 Å². The number of nitrogens with zero attached hydrogens (tertiary/aromatic N) is 2. The van der Waals surface area contributed by atoms with Crippen molar-refractivity contribution < 1.29 is 4.79 Å². The highest BCUT2D eigenvalue weighted by Crippen LogP contribution is 2.34. The topological polar surface area (TPSA) is 80.9 Å². The van der Waals surface area contributed by atoms with Crippen LogP contribution in [0.4, 0.5) is 11.4 Å². The number of rotatable bonds is 17. The lowest BCUT2D eigenvalue weighted by Crippen LogP contribution is -2.26. The number of thioether (sulfide) groups is 3. The van der Waals surface area contributed by atoms with E-state index in [0.29, 0.717) is 0 Å². The second-order valence-electron chi connectivity index (χ2n) is 11.9. The number of unbranched alkanes of at least 4 members (excludes halogenated alkanes) is 8. The Morgan fingerprint density at radius 2 is 1.30 bits per heavy atom. The predicted octanol–water partition coefficient (Wildman–Crippen LogP) is 11.5. The lowest BCUT2D eigenvalue weighted by atomic mass is 10.1. The highest BCUT2D eigenvalue weighted by atomic mass is 32.2. The van der Waals surface area contributed by atoms with Crippen LogP contribution < -0.4 is 11.1 Å². The Morgan fingerprint density at radius 3 is 1.93 bits per heavy atom. The number of hydrogen-bond donors (Lipinski definition) is 2. The maximum atomic E-state index is 13.4. The van der Waals surface area contributed by atoms with Gasteiger partial charge in [-0.25, -0.2) is 0 Å². The smallest absolute Gasteiger partial charge is 0.237 e. The van der Waals surface area contributed by atoms with Crippen LogP contribution in [0.3, 0.4) is 0 Å². The molecule has 0 fully saturated rings. The molecule has 0 saturated heterocycles. The number of aryl methyl sites for hydroxylation is 2. The zero-order valence-corrected chi connectivity index (χ0v) is 31.2. The molecule has 3 N–H and O–H groups in total. The zero-order valence-electron chi connectivity index (χ0n) is 28.8. The Hall–Kier alpha value is -2.42. The van der Waals surface area contributed by atoms with Crippen LogP contribution in [0.5, 0.6) is 0 Å². The number of nitrogen functional groups attached to an aromatic ring is 1. The van der Waals surface area contributed by atoms with Crippen LogP contribution in [0.1, 0.15) is 95.6 Å². The number of nitrogens with one attached hydrogen (secondary N) is 1. The Bertz CT molecular complexity index is 1530. The summed E-state index contributed by atoms with van der Waals surface area (Å²) in [5, 5.41) is 5.43. The van der Waals surface area contributed by atoms with Gasteiger partial charge in [0.05, 0.1) is 27.7 Å². The van der Waals surface area contributed by atoms with E-state index in [1.54, 1.807) is 23.5 Å². The van der Waals surface area contributed by atoms with Crippen molar-refractivity contribution in [3.05, 3.63) is 59.9 Å². The average Bonchev–Trinajstić information content (AvgIpc) is 3.06. The molecule has 4 rings (SSSR count). The third-order valence-electron chi connectivity index (χ3n) is 8.08. The first-order chi connectivity index (χ1) is 22.3. The van der Waals surface area contributed by atoms with Gasteiger partial charge in [-0.05, 0) is 92.5 Å². The first kappa shape index (κ1) is 38.0. The lowest BCUT2D eigenvalue weighted by Gasteiger charge is -2.19. The fourth-order valence-electron chi connectivity index (χ4n) is 5.42. The molecule has 0 saturated carbocycles. The van der Waals surface area contributed by atoms with Crippen molar-refractivity contribution in [1.82, 2.24) is 9.97 Å². The quantitative estimate of drug-likeness (QED) is 0.0653. The maximum Gasteiger partial charge on any atom is 0.237 e. The molecule has 0 aliphatic heterocycles. The summed E-state index contributed by atoms with van der Waals surface area (Å²) in [6.07, 6.45) is 21.4. The molecule has 2 heterocycles. The molecule has 46 heavy (non-hydrogen) atoms. The molecular weight excluding hydrogens is 625 g/mol. The molecule has 4 aromatic rings. The number of aromatic nitrogens is 2. The minimum Gasteiger partial charge on any atom is -0.397 e. The maximum absolute atomic E-state index is 13.4. The van der Waals surface area contributed by atoms with E-state index < -0.39 is 0 Å². The number of carbonyl (C=O) groups is 1. The second-order valence-corrected chi connectivity index (χ2v) is 15.0. The van der Waals surface area contributed by atoms with E-state index >= 15 is 0 Å². The molecule has 0 radical (unpaired) electrons. The normalized spacial score (nSPS) is 11.8. The third kappa shape index (κ3) is 11.7. The minimum atomic E-state index is 0.0190. The van der Waals surface area contributed by atoms with Crippen molar-refractivity contribution in [1.29, 1.82) is 0 Å². The van der Waals surface area contributed by atoms with Gasteiger partial charge >= 0.3 is 0 Å². The minimum absolute atomic E-state index is 0.0190. The summed E-state index contributed by atoms with van der Waals surface area (Å²) < 4.78 is 0. The van der Waals surface area contributed by atoms with Crippen LogP contribution in [-0.2, 0) is 4.79 Å². The standard InChI is InChI=1S/C27H42N2OS2.C11H12N2S/c1-5-7-9-11-12-13-15-25(32-18-14-10-8-6-2)27(30)29-26-22-19-21(3)20-28-23(22)16-17-24(26)31-4;1-7-5-8-9(13-6-7)3-4-10(14-2)11(8)12/h16-17,19-20,25H,5-15,18H2,1-4H3,(H,29,30);3-6H,12H2,1-2H3. The number of hydrogen-bond acceptors (Lipinski definition) is 7. The number of benzene rings is 2. The molecule has 0 spiro atoms. The molecule has 1 atom stereocenters. The van der Waals surface area contributed by atoms with Crippen LogP contribution in [0.15, 0.2) is 58.6 Å². The van der Waals surface area contributed by atoms with Crippen molar-refractivity contribution in [2.45, 2.75) is 113 Å². The van der Waals surface area contributed by atoms with Gasteiger partial charge in [-0.1, -0.05) is 71.6 Å². The highest BCUT2D eigenvalue weighted by molar-refractivity contribution is 8.00. The molecule has 1 amide bonds. The molecule has 0 aliphatic rings. The van der Waals surface area contributed by atoms with Crippen LogP contribution >= 0.6 is 35.3 Å². The van der Waals surface area contributed by atoms with Gasteiger partial charge in [0.1, 0.15) is 0 Å². The second kappa shape index (κ2) is 20.7. The largest absolute Gasteiger partial charge is 0.397 e. The van der Waals surface area contributed by atoms with E-state index in [0.717, 1.165) is 72.7 Å². The summed E-state index contributed by atoms with van der Waals surface area (Å²) in [5.74, 6) is 1.22. The monoisotopic (exact) mass is 678 g/mol. The van der Waals surface area contributed by atoms with Crippen molar-refractivity contribution in [3.63, 3.8) is 0 Å². The Labute approximate surface area is 290 Å². The van der Waals surface area contributed by atoms with E-state index in [2.05, 4.69) is 60.5 Å². The number of anilines is 2. The summed E-state index contributed by atoms with van der Waals surface area (Å²) in [6, 6.07) is 12.4. The van der Waals surface area contributed by atoms with E-state index in [9.17, 15) is 4.79 Å². The van der Waals surface area contributed by atoms with Gasteiger partial charge in [-0.3, -0.25) is 14.8 Å². The zero-order chi connectivity index (χ0) is 33.3. The van der Waals surface area contributed by atoms with Gasteiger partial charge in [0.2, 0.25) is 5.91 Å². The SMILES string of the molecule is CCCCCCCCC(SCCCCCC)C(=O)Nc1c(SC)ccc2ncc(C)cc12.CSc1ccc2ncc(C)cc2c1N. The number of nitrogens with two attached hydrogens (primary N) is 1. The molecule has 0 bridgehead atoms. The van der Waals surface area contributed by atoms with E-state index in [4.69, 9.17) is 5.73 Å². The fourth-order valence-corrected chi connectivity index (χ4v) is 7.73.